The largest absolute Gasteiger partial charge is 0.340 e. The summed E-state index contributed by atoms with van der Waals surface area (Å²) in [7, 11) is 0. The van der Waals surface area contributed by atoms with Crippen LogP contribution in [0.15, 0.2) is 65.3 Å². The van der Waals surface area contributed by atoms with Crippen molar-refractivity contribution in [2.24, 2.45) is 4.99 Å². The predicted octanol–water partition coefficient (Wildman–Crippen LogP) is 2.72. The second-order valence-corrected chi connectivity index (χ2v) is 6.89. The Bertz CT molecular complexity index is 1060. The molecule has 1 amide bonds. The van der Waals surface area contributed by atoms with E-state index in [0.29, 0.717) is 11.7 Å². The molecule has 0 aromatic heterocycles. The van der Waals surface area contributed by atoms with Crippen molar-refractivity contribution >= 4 is 39.5 Å². The third-order valence-electron chi connectivity index (χ3n) is 5.19. The van der Waals surface area contributed by atoms with Gasteiger partial charge < -0.3 is 10.2 Å². The molecule has 1 saturated heterocycles. The summed E-state index contributed by atoms with van der Waals surface area (Å²) in [6, 6.07) is 18.7. The van der Waals surface area contributed by atoms with Gasteiger partial charge in [0.05, 0.1) is 0 Å². The third kappa shape index (κ3) is 2.86. The van der Waals surface area contributed by atoms with Crippen molar-refractivity contribution in [3.05, 3.63) is 65.9 Å². The van der Waals surface area contributed by atoms with E-state index in [0.717, 1.165) is 53.3 Å². The molecule has 0 bridgehead atoms. The maximum Gasteiger partial charge on any atom is 0.276 e. The van der Waals surface area contributed by atoms with E-state index >= 15 is 0 Å². The first-order valence-corrected chi connectivity index (χ1v) is 9.27. The molecular weight excluding hydrogens is 336 g/mol. The number of hydrogen-bond donors (Lipinski definition) is 2. The van der Waals surface area contributed by atoms with Gasteiger partial charge in [0.15, 0.2) is 0 Å². The highest BCUT2D eigenvalue weighted by Gasteiger charge is 2.25. The molecule has 0 atom stereocenters. The van der Waals surface area contributed by atoms with Gasteiger partial charge in [0.25, 0.3) is 5.91 Å². The molecule has 0 unspecified atom stereocenters. The number of amides is 1. The summed E-state index contributed by atoms with van der Waals surface area (Å²) in [4.78, 5) is 19.3. The molecule has 5 rings (SSSR count). The van der Waals surface area contributed by atoms with Gasteiger partial charge >= 0.3 is 0 Å². The molecule has 27 heavy (non-hydrogen) atoms. The maximum atomic E-state index is 12.6. The van der Waals surface area contributed by atoms with Gasteiger partial charge in [0.2, 0.25) is 5.96 Å². The van der Waals surface area contributed by atoms with Gasteiger partial charge in [-0.1, -0.05) is 48.5 Å². The zero-order chi connectivity index (χ0) is 18.2. The van der Waals surface area contributed by atoms with Crippen molar-refractivity contribution in [2.75, 3.05) is 26.2 Å². The molecule has 2 N–H and O–H groups in total. The molecule has 0 radical (unpaired) electrons. The molecule has 5 nitrogen and oxygen atoms in total. The normalized spacial score (nSPS) is 19.0. The van der Waals surface area contributed by atoms with E-state index < -0.39 is 0 Å². The lowest BCUT2D eigenvalue weighted by Gasteiger charge is -2.28. The monoisotopic (exact) mass is 356 g/mol. The number of aliphatic imine (C=N–C) groups is 1. The third-order valence-corrected chi connectivity index (χ3v) is 5.19. The topological polar surface area (TPSA) is 56.7 Å². The molecule has 3 aromatic rings. The van der Waals surface area contributed by atoms with E-state index in [1.165, 1.54) is 0 Å². The number of fused-ring (bicyclic) bond motifs is 2. The standard InChI is InChI=1S/C22H20N4O/c27-21-20(24-22(25-21)26-11-9-23-10-12-26)14-19-17-7-3-1-5-15(17)13-16-6-2-4-8-18(16)19/h1-8,13-14,23H,9-12H2,(H,24,25,27)/b20-14-. The molecule has 2 aliphatic heterocycles. The predicted molar refractivity (Wildman–Crippen MR) is 109 cm³/mol. The Morgan fingerprint density at radius 2 is 1.56 bits per heavy atom. The van der Waals surface area contributed by atoms with Crippen LogP contribution in [0, 0.1) is 0 Å². The fraction of sp³-hybridized carbons (Fsp3) is 0.182. The van der Waals surface area contributed by atoms with Crippen LogP contribution in [0.5, 0.6) is 0 Å². The van der Waals surface area contributed by atoms with Crippen molar-refractivity contribution in [1.29, 1.82) is 0 Å². The van der Waals surface area contributed by atoms with Crippen LogP contribution in [0.3, 0.4) is 0 Å². The van der Waals surface area contributed by atoms with Gasteiger partial charge in [-0.25, -0.2) is 4.99 Å². The van der Waals surface area contributed by atoms with Crippen LogP contribution < -0.4 is 10.6 Å². The van der Waals surface area contributed by atoms with Gasteiger partial charge in [0, 0.05) is 26.2 Å². The van der Waals surface area contributed by atoms with Crippen LogP contribution in [-0.2, 0) is 4.79 Å². The molecule has 0 spiro atoms. The number of benzene rings is 3. The van der Waals surface area contributed by atoms with Crippen LogP contribution in [0.2, 0.25) is 0 Å². The highest BCUT2D eigenvalue weighted by molar-refractivity contribution is 6.16. The lowest BCUT2D eigenvalue weighted by molar-refractivity contribution is -0.115. The number of nitrogens with zero attached hydrogens (tertiary/aromatic N) is 2. The fourth-order valence-electron chi connectivity index (χ4n) is 3.82. The van der Waals surface area contributed by atoms with Gasteiger partial charge in [0.1, 0.15) is 5.70 Å². The van der Waals surface area contributed by atoms with E-state index in [-0.39, 0.29) is 5.91 Å². The summed E-state index contributed by atoms with van der Waals surface area (Å²) in [5.41, 5.74) is 1.50. The molecule has 5 heteroatoms. The van der Waals surface area contributed by atoms with Gasteiger partial charge in [-0.2, -0.15) is 0 Å². The summed E-state index contributed by atoms with van der Waals surface area (Å²) >= 11 is 0. The van der Waals surface area contributed by atoms with Crippen molar-refractivity contribution in [1.82, 2.24) is 15.5 Å². The SMILES string of the molecule is O=C1NC(N2CCNCC2)=N/C1=C\c1c2ccccc2cc2ccccc12. The first-order chi connectivity index (χ1) is 13.3. The molecule has 0 aliphatic carbocycles. The minimum atomic E-state index is -0.138. The fourth-order valence-corrected chi connectivity index (χ4v) is 3.82. The van der Waals surface area contributed by atoms with Gasteiger partial charge in [-0.05, 0) is 39.3 Å². The lowest BCUT2D eigenvalue weighted by atomic mass is 9.96. The summed E-state index contributed by atoms with van der Waals surface area (Å²) < 4.78 is 0. The van der Waals surface area contributed by atoms with Gasteiger partial charge in [-0.15, -0.1) is 0 Å². The Labute approximate surface area is 157 Å². The molecule has 2 heterocycles. The Morgan fingerprint density at radius 3 is 2.22 bits per heavy atom. The van der Waals surface area contributed by atoms with Crippen molar-refractivity contribution < 1.29 is 4.79 Å². The first-order valence-electron chi connectivity index (χ1n) is 9.27. The van der Waals surface area contributed by atoms with E-state index in [1.54, 1.807) is 0 Å². The van der Waals surface area contributed by atoms with Gasteiger partial charge in [-0.3, -0.25) is 10.1 Å². The molecule has 2 aliphatic rings. The number of rotatable bonds is 1. The zero-order valence-corrected chi connectivity index (χ0v) is 14.9. The van der Waals surface area contributed by atoms with Crippen LogP contribution in [0.25, 0.3) is 27.6 Å². The zero-order valence-electron chi connectivity index (χ0n) is 14.9. The molecule has 0 saturated carbocycles. The highest BCUT2D eigenvalue weighted by atomic mass is 16.2. The van der Waals surface area contributed by atoms with Crippen molar-refractivity contribution in [3.63, 3.8) is 0 Å². The molecule has 3 aromatic carbocycles. The summed E-state index contributed by atoms with van der Waals surface area (Å²) in [5.74, 6) is 0.526. The average Bonchev–Trinajstić information content (AvgIpc) is 3.09. The highest BCUT2D eigenvalue weighted by Crippen LogP contribution is 2.30. The Balaban J connectivity index is 1.66. The number of guanidine groups is 1. The van der Waals surface area contributed by atoms with Crippen LogP contribution in [-0.4, -0.2) is 42.9 Å². The van der Waals surface area contributed by atoms with E-state index in [4.69, 9.17) is 0 Å². The van der Waals surface area contributed by atoms with Crippen molar-refractivity contribution in [2.45, 2.75) is 0 Å². The van der Waals surface area contributed by atoms with Crippen LogP contribution in [0.1, 0.15) is 5.56 Å². The minimum Gasteiger partial charge on any atom is -0.340 e. The summed E-state index contributed by atoms with van der Waals surface area (Å²) in [6.45, 7) is 3.51. The van der Waals surface area contributed by atoms with E-state index in [2.05, 4.69) is 50.9 Å². The number of carbonyl (C=O) groups is 1. The first kappa shape index (κ1) is 16.0. The van der Waals surface area contributed by atoms with E-state index in [1.807, 2.05) is 30.3 Å². The Hall–Kier alpha value is -3.18. The molecule has 134 valence electrons. The second-order valence-electron chi connectivity index (χ2n) is 6.89. The van der Waals surface area contributed by atoms with Crippen molar-refractivity contribution in [3.8, 4) is 0 Å². The van der Waals surface area contributed by atoms with Crippen LogP contribution >= 0.6 is 0 Å². The number of piperazine rings is 1. The molecular formula is C22H20N4O. The number of nitrogens with one attached hydrogen (secondary N) is 2. The maximum absolute atomic E-state index is 12.6. The van der Waals surface area contributed by atoms with E-state index in [9.17, 15) is 4.79 Å². The number of carbonyl (C=O) groups excluding carboxylic acids is 1. The molecule has 1 fully saturated rings. The lowest BCUT2D eigenvalue weighted by Crippen LogP contribution is -2.50. The van der Waals surface area contributed by atoms with Crippen LogP contribution in [0.4, 0.5) is 0 Å². The summed E-state index contributed by atoms with van der Waals surface area (Å²) in [5, 5.41) is 10.8. The number of hydrogen-bond acceptors (Lipinski definition) is 4. The summed E-state index contributed by atoms with van der Waals surface area (Å²) in [6.07, 6.45) is 1.93. The smallest absolute Gasteiger partial charge is 0.276 e. The second kappa shape index (κ2) is 6.52. The average molecular weight is 356 g/mol. The Kier molecular flexibility index (Phi) is 3.87. The minimum absolute atomic E-state index is 0.138. The quantitative estimate of drug-likeness (QED) is 0.521. The Morgan fingerprint density at radius 1 is 0.926 bits per heavy atom.